The number of pyridine rings is 1. The molecule has 1 saturated heterocycles. The molecule has 4 aromatic rings. The van der Waals surface area contributed by atoms with Crippen molar-refractivity contribution in [2.24, 2.45) is 0 Å². The van der Waals surface area contributed by atoms with Gasteiger partial charge in [0.05, 0.1) is 5.69 Å². The number of benzene rings is 1. The third-order valence-electron chi connectivity index (χ3n) is 6.27. The predicted molar refractivity (Wildman–Crippen MR) is 129 cm³/mol. The Labute approximate surface area is 205 Å². The molecule has 11 heteroatoms. The summed E-state index contributed by atoms with van der Waals surface area (Å²) in [6.45, 7) is 0.875. The smallest absolute Gasteiger partial charge is 0.407 e. The van der Waals surface area contributed by atoms with Crippen molar-refractivity contribution in [2.45, 2.75) is 20.0 Å². The maximum absolute atomic E-state index is 12.9. The van der Waals surface area contributed by atoms with Crippen LogP contribution in [0.3, 0.4) is 0 Å². The predicted octanol–water partition coefficient (Wildman–Crippen LogP) is 4.09. The van der Waals surface area contributed by atoms with Crippen molar-refractivity contribution in [2.75, 3.05) is 31.1 Å². The number of alkyl halides is 2. The summed E-state index contributed by atoms with van der Waals surface area (Å²) in [6, 6.07) is 10.6. The van der Waals surface area contributed by atoms with Gasteiger partial charge in [-0.25, -0.2) is 19.7 Å². The van der Waals surface area contributed by atoms with E-state index in [1.54, 1.807) is 30.6 Å². The first-order chi connectivity index (χ1) is 17.4. The molecular formula is C25H24F2N6O3. The number of hydrogen-bond acceptors (Lipinski definition) is 6. The van der Waals surface area contributed by atoms with Crippen LogP contribution >= 0.6 is 0 Å². The Morgan fingerprint density at radius 1 is 1.06 bits per heavy atom. The normalized spacial score (nSPS) is 14.0. The maximum atomic E-state index is 12.9. The van der Waals surface area contributed by atoms with E-state index in [4.69, 9.17) is 9.84 Å². The average Bonchev–Trinajstić information content (AvgIpc) is 3.19. The fourth-order valence-electron chi connectivity index (χ4n) is 4.37. The van der Waals surface area contributed by atoms with E-state index in [1.807, 2.05) is 34.6 Å². The van der Waals surface area contributed by atoms with Crippen LogP contribution in [0.1, 0.15) is 17.0 Å². The Morgan fingerprint density at radius 3 is 2.47 bits per heavy atom. The summed E-state index contributed by atoms with van der Waals surface area (Å²) in [5.41, 5.74) is 4.73. The minimum Gasteiger partial charge on any atom is -0.465 e. The van der Waals surface area contributed by atoms with Crippen molar-refractivity contribution >= 4 is 17.7 Å². The highest BCUT2D eigenvalue weighted by Crippen LogP contribution is 2.27. The average molecular weight is 495 g/mol. The van der Waals surface area contributed by atoms with Crippen molar-refractivity contribution in [3.63, 3.8) is 0 Å². The van der Waals surface area contributed by atoms with Gasteiger partial charge in [-0.1, -0.05) is 18.2 Å². The van der Waals surface area contributed by atoms with Gasteiger partial charge in [0.25, 0.3) is 0 Å². The molecule has 0 aliphatic carbocycles. The number of imidazole rings is 1. The number of piperazine rings is 1. The molecule has 1 aromatic carbocycles. The van der Waals surface area contributed by atoms with E-state index in [-0.39, 0.29) is 5.75 Å². The Kier molecular flexibility index (Phi) is 6.36. The highest BCUT2D eigenvalue weighted by molar-refractivity contribution is 5.66. The highest BCUT2D eigenvalue weighted by atomic mass is 19.3. The lowest BCUT2D eigenvalue weighted by atomic mass is 10.1. The van der Waals surface area contributed by atoms with Gasteiger partial charge in [0.1, 0.15) is 11.4 Å². The van der Waals surface area contributed by atoms with Crippen LogP contribution in [0, 0.1) is 6.92 Å². The zero-order valence-electron chi connectivity index (χ0n) is 19.5. The second-order valence-electron chi connectivity index (χ2n) is 8.48. The molecule has 0 radical (unpaired) electrons. The zero-order chi connectivity index (χ0) is 25.2. The maximum Gasteiger partial charge on any atom is 0.407 e. The fourth-order valence-corrected chi connectivity index (χ4v) is 4.37. The standard InChI is InChI=1S/C25H24F2N6O3/c1-16-20(12-17-4-2-3-5-21(17)36-23(26)27)33-15-18(6-7-22(33)30-16)19-13-28-24(29-14-19)31-8-10-32(11-9-31)25(34)35/h2-7,13-15,23H,8-12H2,1H3,(H,34,35). The third-order valence-corrected chi connectivity index (χ3v) is 6.27. The van der Waals surface area contributed by atoms with Gasteiger partial charge in [-0.2, -0.15) is 8.78 Å². The lowest BCUT2D eigenvalue weighted by Crippen LogP contribution is -2.48. The Morgan fingerprint density at radius 2 is 1.78 bits per heavy atom. The van der Waals surface area contributed by atoms with E-state index in [0.29, 0.717) is 44.1 Å². The first kappa shape index (κ1) is 23.5. The molecule has 1 aliphatic rings. The SMILES string of the molecule is Cc1nc2ccc(-c3cnc(N4CCN(C(=O)O)CC4)nc3)cn2c1Cc1ccccc1OC(F)F. The Hall–Kier alpha value is -4.28. The Balaban J connectivity index is 1.40. The van der Waals surface area contributed by atoms with Crippen molar-refractivity contribution < 1.29 is 23.4 Å². The van der Waals surface area contributed by atoms with Crippen LogP contribution in [-0.2, 0) is 6.42 Å². The highest BCUT2D eigenvalue weighted by Gasteiger charge is 2.22. The molecule has 5 rings (SSSR count). The molecule has 186 valence electrons. The molecule has 1 N–H and O–H groups in total. The number of aromatic nitrogens is 4. The number of aryl methyl sites for hydroxylation is 1. The summed E-state index contributed by atoms with van der Waals surface area (Å²) >= 11 is 0. The molecular weight excluding hydrogens is 470 g/mol. The molecule has 36 heavy (non-hydrogen) atoms. The monoisotopic (exact) mass is 494 g/mol. The summed E-state index contributed by atoms with van der Waals surface area (Å²) < 4.78 is 32.4. The fraction of sp³-hybridized carbons (Fsp3) is 0.280. The van der Waals surface area contributed by atoms with Crippen molar-refractivity contribution in [1.29, 1.82) is 0 Å². The van der Waals surface area contributed by atoms with Gasteiger partial charge in [0, 0.05) is 73.6 Å². The molecule has 1 amide bonds. The molecule has 0 bridgehead atoms. The number of fused-ring (bicyclic) bond motifs is 1. The summed E-state index contributed by atoms with van der Waals surface area (Å²) in [7, 11) is 0. The van der Waals surface area contributed by atoms with Crippen LogP contribution in [0.4, 0.5) is 19.5 Å². The van der Waals surface area contributed by atoms with E-state index in [2.05, 4.69) is 15.0 Å². The summed E-state index contributed by atoms with van der Waals surface area (Å²) in [5, 5.41) is 9.12. The van der Waals surface area contributed by atoms with E-state index in [0.717, 1.165) is 28.2 Å². The second kappa shape index (κ2) is 9.76. The molecule has 0 spiro atoms. The van der Waals surface area contributed by atoms with E-state index in [9.17, 15) is 13.6 Å². The van der Waals surface area contributed by atoms with Crippen LogP contribution in [-0.4, -0.2) is 68.2 Å². The zero-order valence-corrected chi connectivity index (χ0v) is 19.5. The van der Waals surface area contributed by atoms with E-state index in [1.165, 1.54) is 11.0 Å². The summed E-state index contributed by atoms with van der Waals surface area (Å²) in [4.78, 5) is 28.1. The number of hydrogen-bond donors (Lipinski definition) is 1. The number of carbonyl (C=O) groups is 1. The Bertz CT molecular complexity index is 1380. The number of carboxylic acid groups (broad SMARTS) is 1. The van der Waals surface area contributed by atoms with Crippen LogP contribution in [0.5, 0.6) is 5.75 Å². The van der Waals surface area contributed by atoms with Crippen molar-refractivity contribution in [3.8, 4) is 16.9 Å². The number of halogens is 2. The summed E-state index contributed by atoms with van der Waals surface area (Å²) in [5.74, 6) is 0.700. The van der Waals surface area contributed by atoms with E-state index >= 15 is 0 Å². The van der Waals surface area contributed by atoms with Gasteiger partial charge < -0.3 is 24.0 Å². The number of ether oxygens (including phenoxy) is 1. The van der Waals surface area contributed by atoms with Gasteiger partial charge in [-0.15, -0.1) is 0 Å². The summed E-state index contributed by atoms with van der Waals surface area (Å²) in [6.07, 6.45) is 4.87. The number of nitrogens with zero attached hydrogens (tertiary/aromatic N) is 6. The van der Waals surface area contributed by atoms with Crippen molar-refractivity contribution in [1.82, 2.24) is 24.3 Å². The molecule has 9 nitrogen and oxygen atoms in total. The van der Waals surface area contributed by atoms with Gasteiger partial charge in [-0.05, 0) is 25.1 Å². The van der Waals surface area contributed by atoms with Crippen LogP contribution in [0.2, 0.25) is 0 Å². The van der Waals surface area contributed by atoms with Gasteiger partial charge in [-0.3, -0.25) is 0 Å². The number of amides is 1. The van der Waals surface area contributed by atoms with Crippen LogP contribution < -0.4 is 9.64 Å². The quantitative estimate of drug-likeness (QED) is 0.431. The molecule has 0 unspecified atom stereocenters. The number of para-hydroxylation sites is 1. The lowest BCUT2D eigenvalue weighted by Gasteiger charge is -2.33. The third kappa shape index (κ3) is 4.77. The molecule has 1 fully saturated rings. The first-order valence-corrected chi connectivity index (χ1v) is 11.4. The lowest BCUT2D eigenvalue weighted by molar-refractivity contribution is -0.0504. The molecule has 1 aliphatic heterocycles. The number of rotatable bonds is 6. The topological polar surface area (TPSA) is 96.1 Å². The van der Waals surface area contributed by atoms with Gasteiger partial charge in [0.2, 0.25) is 5.95 Å². The van der Waals surface area contributed by atoms with Crippen LogP contribution in [0.15, 0.2) is 55.0 Å². The van der Waals surface area contributed by atoms with Crippen LogP contribution in [0.25, 0.3) is 16.8 Å². The minimum atomic E-state index is -2.90. The van der Waals surface area contributed by atoms with Crippen molar-refractivity contribution in [3.05, 3.63) is 71.9 Å². The molecule has 3 aromatic heterocycles. The minimum absolute atomic E-state index is 0.145. The molecule has 0 saturated carbocycles. The number of anilines is 1. The first-order valence-electron chi connectivity index (χ1n) is 11.4. The van der Waals surface area contributed by atoms with E-state index < -0.39 is 12.7 Å². The molecule has 4 heterocycles. The second-order valence-corrected chi connectivity index (χ2v) is 8.48. The molecule has 0 atom stereocenters. The van der Waals surface area contributed by atoms with Gasteiger partial charge >= 0.3 is 12.7 Å². The van der Waals surface area contributed by atoms with Gasteiger partial charge in [0.15, 0.2) is 0 Å². The largest absolute Gasteiger partial charge is 0.465 e.